The monoisotopic (exact) mass is 274 g/mol. The van der Waals surface area contributed by atoms with Crippen molar-refractivity contribution in [2.45, 2.75) is 6.54 Å². The lowest BCUT2D eigenvalue weighted by Gasteiger charge is -2.09. The topological polar surface area (TPSA) is 64.3 Å². The molecule has 0 heterocycles. The first kappa shape index (κ1) is 13.9. The van der Waals surface area contributed by atoms with Gasteiger partial charge < -0.3 is 15.8 Å². The maximum atomic E-state index is 13.6. The second kappa shape index (κ2) is 6.06. The molecule has 0 radical (unpaired) electrons. The number of primary amides is 1. The molecule has 0 spiro atoms. The van der Waals surface area contributed by atoms with Gasteiger partial charge in [-0.3, -0.25) is 4.79 Å². The van der Waals surface area contributed by atoms with Crippen molar-refractivity contribution in [3.8, 4) is 5.75 Å². The highest BCUT2D eigenvalue weighted by molar-refractivity contribution is 5.92. The van der Waals surface area contributed by atoms with Crippen molar-refractivity contribution in [2.75, 3.05) is 12.4 Å². The number of carbonyl (C=O) groups excluding carboxylic acids is 1. The van der Waals surface area contributed by atoms with Crippen LogP contribution in [0.25, 0.3) is 0 Å². The minimum atomic E-state index is -0.573. The van der Waals surface area contributed by atoms with Gasteiger partial charge in [-0.2, -0.15) is 0 Å². The van der Waals surface area contributed by atoms with E-state index in [9.17, 15) is 9.18 Å². The van der Waals surface area contributed by atoms with Gasteiger partial charge in [-0.15, -0.1) is 0 Å². The molecule has 0 atom stereocenters. The number of hydrogen-bond acceptors (Lipinski definition) is 3. The number of methoxy groups -OCH3 is 1. The van der Waals surface area contributed by atoms with Crippen LogP contribution in [0, 0.1) is 5.82 Å². The molecule has 0 saturated carbocycles. The fraction of sp³-hybridized carbons (Fsp3) is 0.133. The van der Waals surface area contributed by atoms with Crippen LogP contribution in [-0.2, 0) is 6.54 Å². The molecule has 3 N–H and O–H groups in total. The van der Waals surface area contributed by atoms with E-state index in [0.717, 1.165) is 11.4 Å². The third kappa shape index (κ3) is 3.26. The van der Waals surface area contributed by atoms with E-state index in [-0.39, 0.29) is 17.9 Å². The molecule has 0 aliphatic rings. The van der Waals surface area contributed by atoms with Gasteiger partial charge in [0.25, 0.3) is 0 Å². The van der Waals surface area contributed by atoms with Crippen molar-refractivity contribution in [1.29, 1.82) is 0 Å². The van der Waals surface area contributed by atoms with E-state index < -0.39 is 5.91 Å². The summed E-state index contributed by atoms with van der Waals surface area (Å²) in [5.41, 5.74) is 6.68. The van der Waals surface area contributed by atoms with E-state index in [2.05, 4.69) is 5.32 Å². The van der Waals surface area contributed by atoms with Crippen molar-refractivity contribution < 1.29 is 13.9 Å². The number of nitrogens with two attached hydrogens (primary N) is 1. The normalized spacial score (nSPS) is 10.1. The molecule has 2 aromatic rings. The molecule has 20 heavy (non-hydrogen) atoms. The minimum absolute atomic E-state index is 0.263. The molecule has 104 valence electrons. The van der Waals surface area contributed by atoms with Crippen molar-refractivity contribution in [3.63, 3.8) is 0 Å². The van der Waals surface area contributed by atoms with Crippen molar-refractivity contribution >= 4 is 11.6 Å². The Morgan fingerprint density at radius 1 is 1.25 bits per heavy atom. The first-order valence-corrected chi connectivity index (χ1v) is 6.06. The molecule has 5 heteroatoms. The van der Waals surface area contributed by atoms with Gasteiger partial charge in [-0.25, -0.2) is 4.39 Å². The number of anilines is 1. The summed E-state index contributed by atoms with van der Waals surface area (Å²) in [7, 11) is 1.59. The number of ether oxygens (including phenoxy) is 1. The molecule has 0 bridgehead atoms. The maximum absolute atomic E-state index is 13.6. The summed E-state index contributed by atoms with van der Waals surface area (Å²) in [4.78, 5) is 11.1. The highest BCUT2D eigenvalue weighted by Gasteiger charge is 2.07. The number of halogens is 1. The molecule has 0 aromatic heterocycles. The lowest BCUT2D eigenvalue weighted by Crippen LogP contribution is -2.12. The molecule has 0 fully saturated rings. The molecule has 2 rings (SSSR count). The van der Waals surface area contributed by atoms with E-state index in [0.29, 0.717) is 5.56 Å². The molecule has 0 unspecified atom stereocenters. The van der Waals surface area contributed by atoms with Crippen LogP contribution >= 0.6 is 0 Å². The van der Waals surface area contributed by atoms with Gasteiger partial charge in [0.05, 0.1) is 7.11 Å². The molecule has 4 nitrogen and oxygen atoms in total. The van der Waals surface area contributed by atoms with E-state index in [1.165, 1.54) is 18.2 Å². The predicted molar refractivity (Wildman–Crippen MR) is 75.2 cm³/mol. The van der Waals surface area contributed by atoms with Crippen LogP contribution in [0.15, 0.2) is 42.5 Å². The second-order valence-electron chi connectivity index (χ2n) is 4.25. The van der Waals surface area contributed by atoms with E-state index in [4.69, 9.17) is 10.5 Å². The van der Waals surface area contributed by atoms with E-state index >= 15 is 0 Å². The zero-order chi connectivity index (χ0) is 14.5. The SMILES string of the molecule is COc1ccc(NCc2cc(C(N)=O)ccc2F)cc1. The quantitative estimate of drug-likeness (QED) is 0.880. The van der Waals surface area contributed by atoms with Gasteiger partial charge in [-0.05, 0) is 42.5 Å². The van der Waals surface area contributed by atoms with Crippen molar-refractivity contribution in [2.24, 2.45) is 5.73 Å². The van der Waals surface area contributed by atoms with Crippen LogP contribution in [0.4, 0.5) is 10.1 Å². The number of benzene rings is 2. The Hall–Kier alpha value is -2.56. The summed E-state index contributed by atoms with van der Waals surface area (Å²) in [6.45, 7) is 0.263. The summed E-state index contributed by atoms with van der Waals surface area (Å²) >= 11 is 0. The van der Waals surface area contributed by atoms with E-state index in [1.807, 2.05) is 12.1 Å². The Labute approximate surface area is 116 Å². The lowest BCUT2D eigenvalue weighted by molar-refractivity contribution is 0.1000. The van der Waals surface area contributed by atoms with Crippen LogP contribution in [0.3, 0.4) is 0 Å². The zero-order valence-electron chi connectivity index (χ0n) is 11.0. The molecular formula is C15H15FN2O2. The molecule has 2 aromatic carbocycles. The maximum Gasteiger partial charge on any atom is 0.248 e. The smallest absolute Gasteiger partial charge is 0.248 e. The van der Waals surface area contributed by atoms with Gasteiger partial charge in [0.15, 0.2) is 0 Å². The summed E-state index contributed by atoms with van der Waals surface area (Å²) < 4.78 is 18.7. The fourth-order valence-corrected chi connectivity index (χ4v) is 1.77. The van der Waals surface area contributed by atoms with Gasteiger partial charge in [-0.1, -0.05) is 0 Å². The fourth-order valence-electron chi connectivity index (χ4n) is 1.77. The average Bonchev–Trinajstić information content (AvgIpc) is 2.46. The Bertz CT molecular complexity index is 612. The highest BCUT2D eigenvalue weighted by Crippen LogP contribution is 2.17. The van der Waals surface area contributed by atoms with Crippen LogP contribution in [0.2, 0.25) is 0 Å². The first-order valence-electron chi connectivity index (χ1n) is 6.06. The standard InChI is InChI=1S/C15H15FN2O2/c1-20-13-5-3-12(4-6-13)18-9-11-8-10(15(17)19)2-7-14(11)16/h2-8,18H,9H2,1H3,(H2,17,19). The molecule has 0 saturated heterocycles. The highest BCUT2D eigenvalue weighted by atomic mass is 19.1. The van der Waals surface area contributed by atoms with Gasteiger partial charge in [0.1, 0.15) is 11.6 Å². The van der Waals surface area contributed by atoms with Gasteiger partial charge in [0, 0.05) is 23.4 Å². The molecule has 1 amide bonds. The number of amides is 1. The Balaban J connectivity index is 2.09. The molecule has 0 aliphatic carbocycles. The van der Waals surface area contributed by atoms with Crippen molar-refractivity contribution in [3.05, 3.63) is 59.4 Å². The van der Waals surface area contributed by atoms with Gasteiger partial charge >= 0.3 is 0 Å². The summed E-state index contributed by atoms with van der Waals surface area (Å²) in [5, 5.41) is 3.07. The Morgan fingerprint density at radius 3 is 2.55 bits per heavy atom. The summed E-state index contributed by atoms with van der Waals surface area (Å²) in [6.07, 6.45) is 0. The summed E-state index contributed by atoms with van der Waals surface area (Å²) in [6, 6.07) is 11.3. The Morgan fingerprint density at radius 2 is 1.95 bits per heavy atom. The predicted octanol–water partition coefficient (Wildman–Crippen LogP) is 2.55. The number of carbonyl (C=O) groups is 1. The average molecular weight is 274 g/mol. The first-order chi connectivity index (χ1) is 9.60. The van der Waals surface area contributed by atoms with E-state index in [1.54, 1.807) is 19.2 Å². The van der Waals surface area contributed by atoms with Crippen LogP contribution in [-0.4, -0.2) is 13.0 Å². The summed E-state index contributed by atoms with van der Waals surface area (Å²) in [5.74, 6) is -0.204. The number of nitrogens with one attached hydrogen (secondary N) is 1. The molecule has 0 aliphatic heterocycles. The second-order valence-corrected chi connectivity index (χ2v) is 4.25. The number of hydrogen-bond donors (Lipinski definition) is 2. The zero-order valence-corrected chi connectivity index (χ0v) is 11.0. The van der Waals surface area contributed by atoms with Gasteiger partial charge in [0.2, 0.25) is 5.91 Å². The minimum Gasteiger partial charge on any atom is -0.497 e. The third-order valence-corrected chi connectivity index (χ3v) is 2.90. The number of rotatable bonds is 5. The Kier molecular flexibility index (Phi) is 4.20. The van der Waals surface area contributed by atoms with Crippen LogP contribution in [0.1, 0.15) is 15.9 Å². The van der Waals surface area contributed by atoms with Crippen molar-refractivity contribution in [1.82, 2.24) is 0 Å². The molecular weight excluding hydrogens is 259 g/mol. The van der Waals surface area contributed by atoms with Crippen LogP contribution in [0.5, 0.6) is 5.75 Å². The third-order valence-electron chi connectivity index (χ3n) is 2.90. The van der Waals surface area contributed by atoms with Crippen LogP contribution < -0.4 is 15.8 Å². The lowest BCUT2D eigenvalue weighted by atomic mass is 10.1. The largest absolute Gasteiger partial charge is 0.497 e.